The highest BCUT2D eigenvalue weighted by molar-refractivity contribution is 5.81. The second-order valence-corrected chi connectivity index (χ2v) is 3.65. The summed E-state index contributed by atoms with van der Waals surface area (Å²) in [5.74, 6) is 0.264. The van der Waals surface area contributed by atoms with Crippen molar-refractivity contribution in [2.75, 3.05) is 0 Å². The summed E-state index contributed by atoms with van der Waals surface area (Å²) in [6.07, 6.45) is 3.29. The number of hydrogen-bond donors (Lipinski definition) is 0. The van der Waals surface area contributed by atoms with Gasteiger partial charge in [-0.15, -0.1) is 0 Å². The fourth-order valence-electron chi connectivity index (χ4n) is 1.68. The molecule has 3 heteroatoms. The molecule has 1 aromatic heterocycles. The minimum absolute atomic E-state index is 0.264. The monoisotopic (exact) mass is 202 g/mol. The van der Waals surface area contributed by atoms with Crippen LogP contribution in [0.4, 0.5) is 0 Å². The smallest absolute Gasteiger partial charge is 0.152 e. The number of nitrogens with zero attached hydrogens (tertiary/aromatic N) is 2. The molecule has 1 heterocycles. The number of para-hydroxylation sites is 2. The third-order valence-electron chi connectivity index (χ3n) is 2.40. The Balaban J connectivity index is 2.25. The lowest BCUT2D eigenvalue weighted by atomic mass is 10.2. The molecular formula is C12H14N2O. The molecule has 0 aliphatic rings. The number of ketones is 1. The molecule has 0 aliphatic heterocycles. The number of carbonyl (C=O) groups excluding carboxylic acids is 1. The molecule has 0 unspecified atom stereocenters. The quantitative estimate of drug-likeness (QED) is 0.763. The summed E-state index contributed by atoms with van der Waals surface area (Å²) in [5.41, 5.74) is 1.98. The number of carbonyl (C=O) groups is 1. The van der Waals surface area contributed by atoms with E-state index in [9.17, 15) is 4.79 Å². The van der Waals surface area contributed by atoms with Crippen LogP contribution in [0.2, 0.25) is 0 Å². The Kier molecular flexibility index (Phi) is 2.81. The zero-order valence-electron chi connectivity index (χ0n) is 8.81. The van der Waals surface area contributed by atoms with Gasteiger partial charge in [0.15, 0.2) is 5.78 Å². The SMILES string of the molecule is CCCC(=O)Cn1cnc2ccccc21. The highest BCUT2D eigenvalue weighted by atomic mass is 16.1. The third-order valence-corrected chi connectivity index (χ3v) is 2.40. The van der Waals surface area contributed by atoms with Crippen LogP contribution in [0.25, 0.3) is 11.0 Å². The van der Waals surface area contributed by atoms with Crippen LogP contribution < -0.4 is 0 Å². The Morgan fingerprint density at radius 2 is 2.20 bits per heavy atom. The highest BCUT2D eigenvalue weighted by Crippen LogP contribution is 2.11. The van der Waals surface area contributed by atoms with E-state index in [1.54, 1.807) is 6.33 Å². The molecule has 0 spiro atoms. The van der Waals surface area contributed by atoms with Crippen molar-refractivity contribution in [1.29, 1.82) is 0 Å². The summed E-state index contributed by atoms with van der Waals surface area (Å²) in [5, 5.41) is 0. The first-order chi connectivity index (χ1) is 7.31. The van der Waals surface area contributed by atoms with Gasteiger partial charge in [-0.1, -0.05) is 19.1 Å². The number of hydrogen-bond acceptors (Lipinski definition) is 2. The normalized spacial score (nSPS) is 10.7. The van der Waals surface area contributed by atoms with Gasteiger partial charge >= 0.3 is 0 Å². The van der Waals surface area contributed by atoms with Crippen LogP contribution in [0.15, 0.2) is 30.6 Å². The fraction of sp³-hybridized carbons (Fsp3) is 0.333. The molecule has 1 aromatic carbocycles. The average molecular weight is 202 g/mol. The van der Waals surface area contributed by atoms with Crippen LogP contribution in [0.1, 0.15) is 19.8 Å². The standard InChI is InChI=1S/C12H14N2O/c1-2-5-10(15)8-14-9-13-11-6-3-4-7-12(11)14/h3-4,6-7,9H,2,5,8H2,1H3. The third kappa shape index (κ3) is 2.06. The lowest BCUT2D eigenvalue weighted by Crippen LogP contribution is -2.08. The maximum Gasteiger partial charge on any atom is 0.152 e. The van der Waals surface area contributed by atoms with E-state index in [-0.39, 0.29) is 5.78 Å². The second kappa shape index (κ2) is 4.26. The van der Waals surface area contributed by atoms with Crippen molar-refractivity contribution >= 4 is 16.8 Å². The molecule has 2 rings (SSSR count). The lowest BCUT2D eigenvalue weighted by Gasteiger charge is -2.01. The summed E-state index contributed by atoms with van der Waals surface area (Å²) in [6.45, 7) is 2.46. The Morgan fingerprint density at radius 3 is 3.00 bits per heavy atom. The molecule has 3 nitrogen and oxygen atoms in total. The summed E-state index contributed by atoms with van der Waals surface area (Å²) >= 11 is 0. The minimum Gasteiger partial charge on any atom is -0.323 e. The predicted octanol–water partition coefficient (Wildman–Crippen LogP) is 2.41. The van der Waals surface area contributed by atoms with Crippen LogP contribution >= 0.6 is 0 Å². The number of fused-ring (bicyclic) bond motifs is 1. The minimum atomic E-state index is 0.264. The molecule has 78 valence electrons. The maximum atomic E-state index is 11.5. The highest BCUT2D eigenvalue weighted by Gasteiger charge is 2.05. The van der Waals surface area contributed by atoms with Crippen molar-refractivity contribution in [2.24, 2.45) is 0 Å². The van der Waals surface area contributed by atoms with Crippen LogP contribution in [-0.2, 0) is 11.3 Å². The topological polar surface area (TPSA) is 34.9 Å². The van der Waals surface area contributed by atoms with Gasteiger partial charge in [0.2, 0.25) is 0 Å². The second-order valence-electron chi connectivity index (χ2n) is 3.65. The lowest BCUT2D eigenvalue weighted by molar-refractivity contribution is -0.119. The van der Waals surface area contributed by atoms with E-state index in [1.807, 2.05) is 35.8 Å². The van der Waals surface area contributed by atoms with E-state index >= 15 is 0 Å². The van der Waals surface area contributed by atoms with E-state index in [2.05, 4.69) is 4.98 Å². The molecule has 0 aliphatic carbocycles. The van der Waals surface area contributed by atoms with Gasteiger partial charge in [-0.05, 0) is 18.6 Å². The molecule has 0 saturated heterocycles. The van der Waals surface area contributed by atoms with Crippen molar-refractivity contribution in [3.63, 3.8) is 0 Å². The van der Waals surface area contributed by atoms with Gasteiger partial charge in [-0.2, -0.15) is 0 Å². The van der Waals surface area contributed by atoms with E-state index in [4.69, 9.17) is 0 Å². The van der Waals surface area contributed by atoms with E-state index in [1.165, 1.54) is 0 Å². The summed E-state index contributed by atoms with van der Waals surface area (Å²) < 4.78 is 1.91. The van der Waals surface area contributed by atoms with Gasteiger partial charge in [0.25, 0.3) is 0 Å². The van der Waals surface area contributed by atoms with Crippen LogP contribution in [0.5, 0.6) is 0 Å². The summed E-state index contributed by atoms with van der Waals surface area (Å²) in [6, 6.07) is 7.86. The predicted molar refractivity (Wildman–Crippen MR) is 59.6 cm³/mol. The molecule has 0 fully saturated rings. The van der Waals surface area contributed by atoms with E-state index in [0.717, 1.165) is 17.5 Å². The number of aromatic nitrogens is 2. The molecule has 15 heavy (non-hydrogen) atoms. The Hall–Kier alpha value is -1.64. The van der Waals surface area contributed by atoms with E-state index in [0.29, 0.717) is 13.0 Å². The Morgan fingerprint density at radius 1 is 1.40 bits per heavy atom. The zero-order valence-corrected chi connectivity index (χ0v) is 8.81. The number of Topliss-reactive ketones (excluding diaryl/α,β-unsaturated/α-hetero) is 1. The molecule has 2 aromatic rings. The number of rotatable bonds is 4. The average Bonchev–Trinajstić information content (AvgIpc) is 2.62. The molecule has 0 amide bonds. The Bertz CT molecular complexity index is 473. The van der Waals surface area contributed by atoms with Gasteiger partial charge in [0, 0.05) is 6.42 Å². The fourth-order valence-corrected chi connectivity index (χ4v) is 1.68. The first-order valence-electron chi connectivity index (χ1n) is 5.23. The molecular weight excluding hydrogens is 188 g/mol. The largest absolute Gasteiger partial charge is 0.323 e. The van der Waals surface area contributed by atoms with Crippen LogP contribution in [0, 0.1) is 0 Å². The first kappa shape index (κ1) is 9.90. The van der Waals surface area contributed by atoms with Gasteiger partial charge < -0.3 is 4.57 Å². The van der Waals surface area contributed by atoms with Gasteiger partial charge in [-0.3, -0.25) is 4.79 Å². The Labute approximate surface area is 88.7 Å². The van der Waals surface area contributed by atoms with Crippen molar-refractivity contribution in [3.05, 3.63) is 30.6 Å². The van der Waals surface area contributed by atoms with Crippen molar-refractivity contribution in [3.8, 4) is 0 Å². The van der Waals surface area contributed by atoms with Gasteiger partial charge in [0.05, 0.1) is 23.9 Å². The van der Waals surface area contributed by atoms with Crippen LogP contribution in [-0.4, -0.2) is 15.3 Å². The first-order valence-corrected chi connectivity index (χ1v) is 5.23. The summed E-state index contributed by atoms with van der Waals surface area (Å²) in [4.78, 5) is 15.7. The molecule has 0 N–H and O–H groups in total. The molecule has 0 bridgehead atoms. The van der Waals surface area contributed by atoms with Gasteiger partial charge in [0.1, 0.15) is 0 Å². The molecule has 0 saturated carbocycles. The zero-order chi connectivity index (χ0) is 10.7. The summed E-state index contributed by atoms with van der Waals surface area (Å²) in [7, 11) is 0. The van der Waals surface area contributed by atoms with Crippen LogP contribution in [0.3, 0.4) is 0 Å². The number of imidazole rings is 1. The number of benzene rings is 1. The maximum absolute atomic E-state index is 11.5. The van der Waals surface area contributed by atoms with E-state index < -0.39 is 0 Å². The van der Waals surface area contributed by atoms with Crippen molar-refractivity contribution < 1.29 is 4.79 Å². The molecule has 0 atom stereocenters. The van der Waals surface area contributed by atoms with Gasteiger partial charge in [-0.25, -0.2) is 4.98 Å². The van der Waals surface area contributed by atoms with Crippen molar-refractivity contribution in [2.45, 2.75) is 26.3 Å². The van der Waals surface area contributed by atoms with Crippen molar-refractivity contribution in [1.82, 2.24) is 9.55 Å². The molecule has 0 radical (unpaired) electrons.